The minimum atomic E-state index is -0.920. The molecule has 0 saturated carbocycles. The molecular formula is C23H17ClF2N2O2. The number of hydrogen-bond donors (Lipinski definition) is 1. The normalized spacial score (nSPS) is 15.1. The molecule has 0 bridgehead atoms. The zero-order valence-electron chi connectivity index (χ0n) is 15.7. The van der Waals surface area contributed by atoms with Crippen LogP contribution < -0.4 is 10.1 Å². The second-order valence-electron chi connectivity index (χ2n) is 6.86. The first-order valence-corrected chi connectivity index (χ1v) is 9.68. The summed E-state index contributed by atoms with van der Waals surface area (Å²) in [6, 6.07) is 10.9. The fraction of sp³-hybridized carbons (Fsp3) is 0.130. The second kappa shape index (κ2) is 8.63. The number of aromatic nitrogens is 1. The Morgan fingerprint density at radius 1 is 1.27 bits per heavy atom. The molecule has 1 atom stereocenters. The average Bonchev–Trinajstić information content (AvgIpc) is 3.17. The highest BCUT2D eigenvalue weighted by atomic mass is 35.5. The lowest BCUT2D eigenvalue weighted by Gasteiger charge is -2.11. The molecule has 1 amide bonds. The van der Waals surface area contributed by atoms with Crippen molar-refractivity contribution in [2.45, 2.75) is 12.5 Å². The van der Waals surface area contributed by atoms with Gasteiger partial charge in [-0.3, -0.25) is 9.78 Å². The summed E-state index contributed by atoms with van der Waals surface area (Å²) in [6.45, 7) is 0.283. The zero-order chi connectivity index (χ0) is 21.1. The van der Waals surface area contributed by atoms with Crippen molar-refractivity contribution in [3.8, 4) is 16.9 Å². The van der Waals surface area contributed by atoms with Gasteiger partial charge in [0.1, 0.15) is 11.9 Å². The highest BCUT2D eigenvalue weighted by molar-refractivity contribution is 6.32. The number of pyridine rings is 1. The molecule has 1 aliphatic heterocycles. The van der Waals surface area contributed by atoms with Crippen molar-refractivity contribution in [1.29, 1.82) is 0 Å². The van der Waals surface area contributed by atoms with Crippen LogP contribution in [0.2, 0.25) is 5.02 Å². The van der Waals surface area contributed by atoms with Gasteiger partial charge >= 0.3 is 0 Å². The van der Waals surface area contributed by atoms with Crippen LogP contribution in [-0.4, -0.2) is 23.5 Å². The number of rotatable bonds is 5. The van der Waals surface area contributed by atoms with E-state index in [1.54, 1.807) is 36.7 Å². The molecule has 0 fully saturated rings. The van der Waals surface area contributed by atoms with E-state index in [-0.39, 0.29) is 24.1 Å². The number of hydrogen-bond acceptors (Lipinski definition) is 3. The first-order chi connectivity index (χ1) is 14.5. The lowest BCUT2D eigenvalue weighted by Crippen LogP contribution is -2.33. The average molecular weight is 427 g/mol. The molecule has 30 heavy (non-hydrogen) atoms. The number of fused-ring (bicyclic) bond motifs is 1. The van der Waals surface area contributed by atoms with Crippen molar-refractivity contribution in [3.05, 3.63) is 88.7 Å². The van der Waals surface area contributed by atoms with E-state index in [2.05, 4.69) is 10.3 Å². The van der Waals surface area contributed by atoms with E-state index in [4.69, 9.17) is 16.3 Å². The predicted octanol–water partition coefficient (Wildman–Crippen LogP) is 4.81. The quantitative estimate of drug-likeness (QED) is 0.595. The van der Waals surface area contributed by atoms with Gasteiger partial charge in [-0.1, -0.05) is 29.8 Å². The molecular weight excluding hydrogens is 410 g/mol. The third-order valence-corrected chi connectivity index (χ3v) is 5.01. The Morgan fingerprint density at radius 3 is 2.93 bits per heavy atom. The third-order valence-electron chi connectivity index (χ3n) is 4.73. The monoisotopic (exact) mass is 426 g/mol. The number of halogens is 3. The summed E-state index contributed by atoms with van der Waals surface area (Å²) in [4.78, 5) is 16.0. The molecule has 0 aliphatic carbocycles. The fourth-order valence-electron chi connectivity index (χ4n) is 3.30. The van der Waals surface area contributed by atoms with Crippen molar-refractivity contribution < 1.29 is 18.3 Å². The van der Waals surface area contributed by atoms with Gasteiger partial charge < -0.3 is 10.1 Å². The molecule has 1 unspecified atom stereocenters. The molecule has 7 heteroatoms. The van der Waals surface area contributed by atoms with Crippen molar-refractivity contribution in [2.24, 2.45) is 0 Å². The van der Waals surface area contributed by atoms with Crippen molar-refractivity contribution in [3.63, 3.8) is 0 Å². The van der Waals surface area contributed by atoms with Gasteiger partial charge in [0, 0.05) is 36.0 Å². The van der Waals surface area contributed by atoms with Crippen molar-refractivity contribution in [2.75, 3.05) is 6.54 Å². The molecule has 1 N–H and O–H groups in total. The van der Waals surface area contributed by atoms with E-state index >= 15 is 0 Å². The topological polar surface area (TPSA) is 51.2 Å². The van der Waals surface area contributed by atoms with Crippen LogP contribution >= 0.6 is 11.6 Å². The number of amides is 1. The maximum absolute atomic E-state index is 14.1. The molecule has 1 aromatic heterocycles. The molecule has 2 heterocycles. The Bertz CT molecular complexity index is 1120. The summed E-state index contributed by atoms with van der Waals surface area (Å²) in [7, 11) is 0. The summed E-state index contributed by atoms with van der Waals surface area (Å²) in [6.07, 6.45) is 6.60. The number of benzene rings is 2. The number of nitrogens with one attached hydrogen (secondary N) is 1. The van der Waals surface area contributed by atoms with E-state index in [0.717, 1.165) is 17.2 Å². The van der Waals surface area contributed by atoms with Gasteiger partial charge in [-0.05, 0) is 41.5 Å². The van der Waals surface area contributed by atoms with Crippen LogP contribution in [0, 0.1) is 11.6 Å². The predicted molar refractivity (Wildman–Crippen MR) is 111 cm³/mol. The molecule has 2 aromatic carbocycles. The van der Waals surface area contributed by atoms with Crippen LogP contribution in [0.15, 0.2) is 60.9 Å². The third kappa shape index (κ3) is 4.33. The first-order valence-electron chi connectivity index (χ1n) is 9.30. The Balaban J connectivity index is 1.42. The van der Waals surface area contributed by atoms with E-state index in [1.165, 1.54) is 18.2 Å². The molecule has 1 aliphatic rings. The second-order valence-corrected chi connectivity index (χ2v) is 7.26. The SMILES string of the molecule is O=C(C=Cc1cccnc1)NCC1Cc2cc(-c3cccc(F)c3F)cc(Cl)c2O1. The van der Waals surface area contributed by atoms with Crippen LogP contribution in [0.3, 0.4) is 0 Å². The lowest BCUT2D eigenvalue weighted by molar-refractivity contribution is -0.116. The largest absolute Gasteiger partial charge is 0.486 e. The van der Waals surface area contributed by atoms with Crippen LogP contribution in [0.1, 0.15) is 11.1 Å². The summed E-state index contributed by atoms with van der Waals surface area (Å²) in [5, 5.41) is 3.10. The van der Waals surface area contributed by atoms with E-state index in [9.17, 15) is 13.6 Å². The van der Waals surface area contributed by atoms with Crippen LogP contribution in [0.4, 0.5) is 8.78 Å². The summed E-state index contributed by atoms with van der Waals surface area (Å²) < 4.78 is 33.6. The standard InChI is InChI=1S/C23H17ClF2N2O2/c24-19-11-15(18-4-1-5-20(25)22(18)26)9-16-10-17(30-23(16)19)13-28-21(29)7-6-14-3-2-8-27-12-14/h1-9,11-12,17H,10,13H2,(H,28,29). The Hall–Kier alpha value is -3.25. The maximum atomic E-state index is 14.1. The number of carbonyl (C=O) groups is 1. The van der Waals surface area contributed by atoms with Crippen LogP contribution in [0.25, 0.3) is 17.2 Å². The Kier molecular flexibility index (Phi) is 5.77. The zero-order valence-corrected chi connectivity index (χ0v) is 16.5. The summed E-state index contributed by atoms with van der Waals surface area (Å²) in [5.41, 5.74) is 2.22. The van der Waals surface area contributed by atoms with Gasteiger partial charge in [0.2, 0.25) is 5.91 Å². The Morgan fingerprint density at radius 2 is 2.13 bits per heavy atom. The minimum absolute atomic E-state index is 0.136. The molecule has 4 nitrogen and oxygen atoms in total. The van der Waals surface area contributed by atoms with Crippen LogP contribution in [0.5, 0.6) is 5.75 Å². The summed E-state index contributed by atoms with van der Waals surface area (Å²) >= 11 is 6.32. The van der Waals surface area contributed by atoms with Crippen LogP contribution in [-0.2, 0) is 11.2 Å². The molecule has 0 saturated heterocycles. The van der Waals surface area contributed by atoms with E-state index < -0.39 is 11.6 Å². The fourth-order valence-corrected chi connectivity index (χ4v) is 3.59. The molecule has 3 aromatic rings. The minimum Gasteiger partial charge on any atom is -0.486 e. The highest BCUT2D eigenvalue weighted by Crippen LogP contribution is 2.40. The van der Waals surface area contributed by atoms with Gasteiger partial charge in [-0.15, -0.1) is 0 Å². The smallest absolute Gasteiger partial charge is 0.244 e. The number of nitrogens with zero attached hydrogens (tertiary/aromatic N) is 1. The first kappa shape index (κ1) is 20.0. The molecule has 0 radical (unpaired) electrons. The maximum Gasteiger partial charge on any atom is 0.244 e. The number of ether oxygens (including phenoxy) is 1. The molecule has 4 rings (SSSR count). The number of carbonyl (C=O) groups excluding carboxylic acids is 1. The van der Waals surface area contributed by atoms with E-state index in [1.807, 2.05) is 6.07 Å². The van der Waals surface area contributed by atoms with Gasteiger partial charge in [0.05, 0.1) is 11.6 Å². The van der Waals surface area contributed by atoms with Gasteiger partial charge in [-0.2, -0.15) is 0 Å². The van der Waals surface area contributed by atoms with Gasteiger partial charge in [0.15, 0.2) is 11.6 Å². The van der Waals surface area contributed by atoms with E-state index in [0.29, 0.717) is 22.8 Å². The molecule has 152 valence electrons. The van der Waals surface area contributed by atoms with Crippen molar-refractivity contribution in [1.82, 2.24) is 10.3 Å². The highest BCUT2D eigenvalue weighted by Gasteiger charge is 2.27. The van der Waals surface area contributed by atoms with Crippen molar-refractivity contribution >= 4 is 23.6 Å². The summed E-state index contributed by atoms with van der Waals surface area (Å²) in [5.74, 6) is -1.59. The Labute approximate surface area is 177 Å². The molecule has 0 spiro atoms. The lowest BCUT2D eigenvalue weighted by atomic mass is 10.0. The van der Waals surface area contributed by atoms with Gasteiger partial charge in [-0.25, -0.2) is 8.78 Å². The van der Waals surface area contributed by atoms with Gasteiger partial charge in [0.25, 0.3) is 0 Å².